The Morgan fingerprint density at radius 1 is 1.31 bits per heavy atom. The lowest BCUT2D eigenvalue weighted by Crippen LogP contribution is -2.32. The molecule has 0 saturated heterocycles. The number of ether oxygens (including phenoxy) is 1. The molecule has 1 N–H and O–H groups in total. The third-order valence-electron chi connectivity index (χ3n) is 2.11. The van der Waals surface area contributed by atoms with Crippen molar-refractivity contribution in [2.75, 3.05) is 24.7 Å². The van der Waals surface area contributed by atoms with Crippen LogP contribution in [0.25, 0.3) is 0 Å². The van der Waals surface area contributed by atoms with E-state index in [9.17, 15) is 4.79 Å². The van der Waals surface area contributed by atoms with Crippen LogP contribution >= 0.6 is 0 Å². The standard InChI is InChI=1S/C12H17NO3/c1-2-9-16-10-8-13(12(14)15)11-6-4-3-5-7-11/h3-7H,2,8-10H2,1H3,(H,14,15). The number of benzene rings is 1. The summed E-state index contributed by atoms with van der Waals surface area (Å²) in [4.78, 5) is 12.3. The largest absolute Gasteiger partial charge is 0.465 e. The quantitative estimate of drug-likeness (QED) is 0.754. The summed E-state index contributed by atoms with van der Waals surface area (Å²) >= 11 is 0. The second-order valence-corrected chi connectivity index (χ2v) is 3.38. The zero-order valence-corrected chi connectivity index (χ0v) is 9.43. The summed E-state index contributed by atoms with van der Waals surface area (Å²) in [5.74, 6) is 0. The predicted octanol–water partition coefficient (Wildman–Crippen LogP) is 2.60. The van der Waals surface area contributed by atoms with Gasteiger partial charge in [0.15, 0.2) is 0 Å². The Labute approximate surface area is 95.5 Å². The lowest BCUT2D eigenvalue weighted by Gasteiger charge is -2.18. The molecule has 4 nitrogen and oxygen atoms in total. The number of carboxylic acid groups (broad SMARTS) is 1. The van der Waals surface area contributed by atoms with Crippen LogP contribution < -0.4 is 4.90 Å². The van der Waals surface area contributed by atoms with Crippen LogP contribution in [0.3, 0.4) is 0 Å². The van der Waals surface area contributed by atoms with Gasteiger partial charge in [0.25, 0.3) is 0 Å². The van der Waals surface area contributed by atoms with Crippen LogP contribution in [0.1, 0.15) is 13.3 Å². The number of para-hydroxylation sites is 1. The van der Waals surface area contributed by atoms with Gasteiger partial charge in [-0.25, -0.2) is 4.79 Å². The zero-order chi connectivity index (χ0) is 11.8. The van der Waals surface area contributed by atoms with Gasteiger partial charge in [-0.3, -0.25) is 4.90 Å². The first-order valence-electron chi connectivity index (χ1n) is 5.39. The Bertz CT molecular complexity index is 313. The Kier molecular flexibility index (Phi) is 5.36. The molecule has 1 amide bonds. The number of carbonyl (C=O) groups is 1. The third kappa shape index (κ3) is 3.90. The highest BCUT2D eigenvalue weighted by Gasteiger charge is 2.12. The number of amides is 1. The van der Waals surface area contributed by atoms with Gasteiger partial charge in [-0.15, -0.1) is 0 Å². The Hall–Kier alpha value is -1.55. The van der Waals surface area contributed by atoms with Gasteiger partial charge in [0, 0.05) is 12.3 Å². The molecular formula is C12H17NO3. The van der Waals surface area contributed by atoms with Crippen LogP contribution in [-0.2, 0) is 4.74 Å². The molecule has 1 aromatic rings. The maximum atomic E-state index is 11.0. The van der Waals surface area contributed by atoms with E-state index in [0.717, 1.165) is 6.42 Å². The first-order chi connectivity index (χ1) is 7.75. The molecule has 0 radical (unpaired) electrons. The molecule has 4 heteroatoms. The van der Waals surface area contributed by atoms with E-state index in [4.69, 9.17) is 9.84 Å². The van der Waals surface area contributed by atoms with E-state index in [1.165, 1.54) is 4.90 Å². The summed E-state index contributed by atoms with van der Waals surface area (Å²) in [6.07, 6.45) is -0.00964. The van der Waals surface area contributed by atoms with Gasteiger partial charge in [-0.1, -0.05) is 25.1 Å². The minimum absolute atomic E-state index is 0.360. The fraction of sp³-hybridized carbons (Fsp3) is 0.417. The van der Waals surface area contributed by atoms with Crippen LogP contribution in [0.15, 0.2) is 30.3 Å². The summed E-state index contributed by atoms with van der Waals surface area (Å²) < 4.78 is 5.28. The highest BCUT2D eigenvalue weighted by molar-refractivity contribution is 5.85. The van der Waals surface area contributed by atoms with Crippen LogP contribution in [0.4, 0.5) is 10.5 Å². The molecule has 0 aromatic heterocycles. The maximum absolute atomic E-state index is 11.0. The van der Waals surface area contributed by atoms with E-state index in [0.29, 0.717) is 25.4 Å². The smallest absolute Gasteiger partial charge is 0.411 e. The Morgan fingerprint density at radius 3 is 2.56 bits per heavy atom. The van der Waals surface area contributed by atoms with E-state index in [-0.39, 0.29) is 0 Å². The molecule has 1 aromatic carbocycles. The van der Waals surface area contributed by atoms with Crippen molar-refractivity contribution >= 4 is 11.8 Å². The Balaban J connectivity index is 2.52. The molecule has 88 valence electrons. The van der Waals surface area contributed by atoms with Gasteiger partial charge in [-0.05, 0) is 18.6 Å². The van der Waals surface area contributed by atoms with Crippen molar-refractivity contribution < 1.29 is 14.6 Å². The number of rotatable bonds is 6. The fourth-order valence-corrected chi connectivity index (χ4v) is 1.35. The van der Waals surface area contributed by atoms with Crippen LogP contribution in [0.5, 0.6) is 0 Å². The predicted molar refractivity (Wildman–Crippen MR) is 62.9 cm³/mol. The van der Waals surface area contributed by atoms with E-state index in [2.05, 4.69) is 0 Å². The highest BCUT2D eigenvalue weighted by atomic mass is 16.5. The van der Waals surface area contributed by atoms with Crippen LogP contribution in [-0.4, -0.2) is 31.0 Å². The van der Waals surface area contributed by atoms with E-state index >= 15 is 0 Å². The summed E-state index contributed by atoms with van der Waals surface area (Å²) in [5.41, 5.74) is 0.676. The molecule has 0 fully saturated rings. The second-order valence-electron chi connectivity index (χ2n) is 3.38. The van der Waals surface area contributed by atoms with Crippen molar-refractivity contribution in [2.24, 2.45) is 0 Å². The van der Waals surface area contributed by atoms with Crippen molar-refractivity contribution in [3.63, 3.8) is 0 Å². The van der Waals surface area contributed by atoms with E-state index in [1.807, 2.05) is 25.1 Å². The monoisotopic (exact) mass is 223 g/mol. The number of anilines is 1. The number of hydrogen-bond donors (Lipinski definition) is 1. The number of nitrogens with zero attached hydrogens (tertiary/aromatic N) is 1. The minimum Gasteiger partial charge on any atom is -0.465 e. The van der Waals surface area contributed by atoms with Crippen LogP contribution in [0.2, 0.25) is 0 Å². The van der Waals surface area contributed by atoms with Crippen molar-refractivity contribution in [1.82, 2.24) is 0 Å². The highest BCUT2D eigenvalue weighted by Crippen LogP contribution is 2.12. The molecule has 0 aliphatic rings. The lowest BCUT2D eigenvalue weighted by molar-refractivity contribution is 0.138. The van der Waals surface area contributed by atoms with Gasteiger partial charge in [0.1, 0.15) is 0 Å². The van der Waals surface area contributed by atoms with Crippen molar-refractivity contribution in [1.29, 1.82) is 0 Å². The van der Waals surface area contributed by atoms with Crippen molar-refractivity contribution in [2.45, 2.75) is 13.3 Å². The first-order valence-corrected chi connectivity index (χ1v) is 5.39. The Morgan fingerprint density at radius 2 is 2.00 bits per heavy atom. The van der Waals surface area contributed by atoms with Crippen molar-refractivity contribution in [3.8, 4) is 0 Å². The SMILES string of the molecule is CCCOCCN(C(=O)O)c1ccccc1. The van der Waals surface area contributed by atoms with E-state index in [1.54, 1.807) is 12.1 Å². The summed E-state index contributed by atoms with van der Waals surface area (Å²) in [6, 6.07) is 9.04. The first kappa shape index (κ1) is 12.5. The molecule has 0 spiro atoms. The molecule has 0 saturated carbocycles. The molecule has 16 heavy (non-hydrogen) atoms. The van der Waals surface area contributed by atoms with Crippen molar-refractivity contribution in [3.05, 3.63) is 30.3 Å². The molecule has 0 unspecified atom stereocenters. The minimum atomic E-state index is -0.953. The third-order valence-corrected chi connectivity index (χ3v) is 2.11. The molecule has 0 atom stereocenters. The topological polar surface area (TPSA) is 49.8 Å². The van der Waals surface area contributed by atoms with Gasteiger partial charge in [-0.2, -0.15) is 0 Å². The van der Waals surface area contributed by atoms with Gasteiger partial charge in [0.05, 0.1) is 13.2 Å². The summed E-state index contributed by atoms with van der Waals surface area (Å²) in [7, 11) is 0. The number of hydrogen-bond acceptors (Lipinski definition) is 2. The van der Waals surface area contributed by atoms with Gasteiger partial charge in [0.2, 0.25) is 0 Å². The summed E-state index contributed by atoms with van der Waals surface area (Å²) in [5, 5.41) is 9.05. The molecule has 0 aliphatic carbocycles. The van der Waals surface area contributed by atoms with Crippen LogP contribution in [0, 0.1) is 0 Å². The normalized spacial score (nSPS) is 10.1. The van der Waals surface area contributed by atoms with Gasteiger partial charge < -0.3 is 9.84 Å². The summed E-state index contributed by atoms with van der Waals surface area (Å²) in [6.45, 7) is 3.47. The molecule has 1 rings (SSSR count). The molecular weight excluding hydrogens is 206 g/mol. The lowest BCUT2D eigenvalue weighted by atomic mass is 10.3. The average Bonchev–Trinajstić information content (AvgIpc) is 2.30. The fourth-order valence-electron chi connectivity index (χ4n) is 1.35. The van der Waals surface area contributed by atoms with Gasteiger partial charge >= 0.3 is 6.09 Å². The maximum Gasteiger partial charge on any atom is 0.411 e. The molecule has 0 heterocycles. The molecule has 0 bridgehead atoms. The van der Waals surface area contributed by atoms with E-state index < -0.39 is 6.09 Å². The zero-order valence-electron chi connectivity index (χ0n) is 9.43. The molecule has 0 aliphatic heterocycles. The average molecular weight is 223 g/mol. The second kappa shape index (κ2) is 6.85.